The summed E-state index contributed by atoms with van der Waals surface area (Å²) in [6.45, 7) is 7.08. The third-order valence-corrected chi connectivity index (χ3v) is 6.16. The molecule has 22 heavy (non-hydrogen) atoms. The molecule has 3 heterocycles. The Morgan fingerprint density at radius 2 is 1.91 bits per heavy atom. The maximum atomic E-state index is 6.16. The molecule has 4 aliphatic rings. The molecule has 0 amide bonds. The quantitative estimate of drug-likeness (QED) is 0.780. The first-order chi connectivity index (χ1) is 10.9. The molecule has 4 rings (SSSR count). The number of piperidine rings is 1. The van der Waals surface area contributed by atoms with E-state index in [0.717, 1.165) is 45.0 Å². The van der Waals surface area contributed by atoms with Gasteiger partial charge in [0, 0.05) is 51.0 Å². The van der Waals surface area contributed by atoms with Crippen molar-refractivity contribution < 1.29 is 14.2 Å². The number of likely N-dealkylation sites (tertiary alicyclic amines) is 1. The fraction of sp³-hybridized carbons (Fsp3) is 1.00. The van der Waals surface area contributed by atoms with Crippen molar-refractivity contribution in [3.63, 3.8) is 0 Å². The van der Waals surface area contributed by atoms with E-state index in [1.807, 2.05) is 0 Å². The Morgan fingerprint density at radius 1 is 1.05 bits per heavy atom. The van der Waals surface area contributed by atoms with Gasteiger partial charge >= 0.3 is 0 Å². The maximum absolute atomic E-state index is 6.16. The molecular weight excluding hydrogens is 278 g/mol. The summed E-state index contributed by atoms with van der Waals surface area (Å²) in [4.78, 5) is 2.73. The van der Waals surface area contributed by atoms with Crippen molar-refractivity contribution in [1.82, 2.24) is 4.90 Å². The predicted molar refractivity (Wildman–Crippen MR) is 85.0 cm³/mol. The Morgan fingerprint density at radius 3 is 2.73 bits per heavy atom. The summed E-state index contributed by atoms with van der Waals surface area (Å²) < 4.78 is 17.9. The molecule has 4 heteroatoms. The SMILES string of the molecule is C1CO[C@H]2CCN(C3CCOCC3)C[C@]2(COCC2CC2)C1. The molecule has 4 fully saturated rings. The monoisotopic (exact) mass is 309 g/mol. The largest absolute Gasteiger partial charge is 0.381 e. The van der Waals surface area contributed by atoms with Gasteiger partial charge in [0.25, 0.3) is 0 Å². The number of rotatable bonds is 5. The van der Waals surface area contributed by atoms with Gasteiger partial charge in [-0.25, -0.2) is 0 Å². The molecule has 0 bridgehead atoms. The molecule has 1 aliphatic carbocycles. The lowest BCUT2D eigenvalue weighted by Gasteiger charge is -2.52. The molecule has 0 radical (unpaired) electrons. The van der Waals surface area contributed by atoms with Crippen LogP contribution in [-0.4, -0.2) is 63.2 Å². The van der Waals surface area contributed by atoms with E-state index in [1.54, 1.807) is 0 Å². The number of hydrogen-bond acceptors (Lipinski definition) is 4. The van der Waals surface area contributed by atoms with Crippen molar-refractivity contribution in [2.75, 3.05) is 46.1 Å². The number of nitrogens with zero attached hydrogens (tertiary/aromatic N) is 1. The zero-order valence-corrected chi connectivity index (χ0v) is 13.8. The minimum Gasteiger partial charge on any atom is -0.381 e. The summed E-state index contributed by atoms with van der Waals surface area (Å²) in [5.41, 5.74) is 0.254. The molecule has 126 valence electrons. The topological polar surface area (TPSA) is 30.9 Å². The Kier molecular flexibility index (Phi) is 4.72. The average Bonchev–Trinajstić information content (AvgIpc) is 3.39. The Bertz CT molecular complexity index is 367. The van der Waals surface area contributed by atoms with Crippen molar-refractivity contribution in [3.05, 3.63) is 0 Å². The Balaban J connectivity index is 1.40. The highest BCUT2D eigenvalue weighted by Crippen LogP contribution is 2.42. The zero-order valence-electron chi connectivity index (χ0n) is 13.8. The molecule has 0 N–H and O–H groups in total. The third-order valence-electron chi connectivity index (χ3n) is 6.16. The molecule has 0 aromatic heterocycles. The van der Waals surface area contributed by atoms with Crippen LogP contribution in [0.25, 0.3) is 0 Å². The van der Waals surface area contributed by atoms with Crippen LogP contribution in [0.4, 0.5) is 0 Å². The number of hydrogen-bond donors (Lipinski definition) is 0. The van der Waals surface area contributed by atoms with Gasteiger partial charge < -0.3 is 14.2 Å². The average molecular weight is 309 g/mol. The molecular formula is C18H31NO3. The Hall–Kier alpha value is -0.160. The van der Waals surface area contributed by atoms with E-state index in [9.17, 15) is 0 Å². The molecule has 3 aliphatic heterocycles. The van der Waals surface area contributed by atoms with Crippen LogP contribution in [0, 0.1) is 11.3 Å². The lowest BCUT2D eigenvalue weighted by atomic mass is 9.72. The van der Waals surface area contributed by atoms with Crippen molar-refractivity contribution in [2.24, 2.45) is 11.3 Å². The highest BCUT2D eigenvalue weighted by Gasteiger charge is 2.47. The molecule has 0 aromatic carbocycles. The predicted octanol–water partition coefficient (Wildman–Crippen LogP) is 2.46. The van der Waals surface area contributed by atoms with Crippen LogP contribution < -0.4 is 0 Å². The fourth-order valence-corrected chi connectivity index (χ4v) is 4.61. The molecule has 3 saturated heterocycles. The molecule has 0 aromatic rings. The van der Waals surface area contributed by atoms with Gasteiger partial charge in [-0.05, 0) is 50.9 Å². The number of ether oxygens (including phenoxy) is 3. The van der Waals surface area contributed by atoms with E-state index in [1.165, 1.54) is 58.0 Å². The fourth-order valence-electron chi connectivity index (χ4n) is 4.61. The number of fused-ring (bicyclic) bond motifs is 1. The second-order valence-electron chi connectivity index (χ2n) is 7.89. The highest BCUT2D eigenvalue weighted by molar-refractivity contribution is 4.98. The molecule has 1 saturated carbocycles. The van der Waals surface area contributed by atoms with Crippen LogP contribution in [0.1, 0.15) is 44.9 Å². The standard InChI is InChI=1S/C18H31NO3/c1-7-18(14-21-12-15-2-3-15)13-19(8-4-17(18)22-9-1)16-5-10-20-11-6-16/h15-17H,1-14H2/t17-,18-/m0/s1. The van der Waals surface area contributed by atoms with E-state index in [0.29, 0.717) is 6.10 Å². The lowest BCUT2D eigenvalue weighted by molar-refractivity contribution is -0.161. The van der Waals surface area contributed by atoms with E-state index >= 15 is 0 Å². The zero-order chi connectivity index (χ0) is 14.8. The molecule has 0 unspecified atom stereocenters. The van der Waals surface area contributed by atoms with Crippen molar-refractivity contribution >= 4 is 0 Å². The summed E-state index contributed by atoms with van der Waals surface area (Å²) in [7, 11) is 0. The van der Waals surface area contributed by atoms with Crippen molar-refractivity contribution in [3.8, 4) is 0 Å². The van der Waals surface area contributed by atoms with Gasteiger partial charge in [-0.2, -0.15) is 0 Å². The summed E-state index contributed by atoms with van der Waals surface area (Å²) in [5.74, 6) is 0.856. The van der Waals surface area contributed by atoms with Crippen LogP contribution >= 0.6 is 0 Å². The van der Waals surface area contributed by atoms with Crippen LogP contribution in [0.5, 0.6) is 0 Å². The first kappa shape index (κ1) is 15.4. The summed E-state index contributed by atoms with van der Waals surface area (Å²) in [6, 6.07) is 0.719. The van der Waals surface area contributed by atoms with Gasteiger partial charge in [-0.1, -0.05) is 0 Å². The van der Waals surface area contributed by atoms with Crippen LogP contribution in [-0.2, 0) is 14.2 Å². The summed E-state index contributed by atoms with van der Waals surface area (Å²) in [6.07, 6.45) is 9.24. The van der Waals surface area contributed by atoms with Gasteiger partial charge in [-0.15, -0.1) is 0 Å². The van der Waals surface area contributed by atoms with Gasteiger partial charge in [0.15, 0.2) is 0 Å². The van der Waals surface area contributed by atoms with Crippen LogP contribution in [0.15, 0.2) is 0 Å². The van der Waals surface area contributed by atoms with Gasteiger partial charge in [0.2, 0.25) is 0 Å². The lowest BCUT2D eigenvalue weighted by Crippen LogP contribution is -2.59. The van der Waals surface area contributed by atoms with Crippen LogP contribution in [0.2, 0.25) is 0 Å². The van der Waals surface area contributed by atoms with Crippen LogP contribution in [0.3, 0.4) is 0 Å². The smallest absolute Gasteiger partial charge is 0.0677 e. The molecule has 4 nitrogen and oxygen atoms in total. The summed E-state index contributed by atoms with van der Waals surface area (Å²) >= 11 is 0. The second-order valence-corrected chi connectivity index (χ2v) is 7.89. The molecule has 0 spiro atoms. The van der Waals surface area contributed by atoms with Crippen molar-refractivity contribution in [2.45, 2.75) is 57.1 Å². The first-order valence-corrected chi connectivity index (χ1v) is 9.37. The van der Waals surface area contributed by atoms with E-state index in [4.69, 9.17) is 14.2 Å². The van der Waals surface area contributed by atoms with E-state index in [2.05, 4.69) is 4.90 Å². The Labute approximate surface area is 134 Å². The van der Waals surface area contributed by atoms with Gasteiger partial charge in [0.1, 0.15) is 0 Å². The van der Waals surface area contributed by atoms with Gasteiger partial charge in [-0.3, -0.25) is 4.90 Å². The minimum absolute atomic E-state index is 0.254. The normalized spacial score (nSPS) is 37.9. The van der Waals surface area contributed by atoms with E-state index in [-0.39, 0.29) is 5.41 Å². The van der Waals surface area contributed by atoms with Crippen molar-refractivity contribution in [1.29, 1.82) is 0 Å². The highest BCUT2D eigenvalue weighted by atomic mass is 16.5. The minimum atomic E-state index is 0.254. The third kappa shape index (κ3) is 3.35. The second kappa shape index (κ2) is 6.76. The summed E-state index contributed by atoms with van der Waals surface area (Å²) in [5, 5.41) is 0. The maximum Gasteiger partial charge on any atom is 0.0677 e. The van der Waals surface area contributed by atoms with Gasteiger partial charge in [0.05, 0.1) is 12.7 Å². The molecule has 2 atom stereocenters. The van der Waals surface area contributed by atoms with E-state index < -0.39 is 0 Å². The first-order valence-electron chi connectivity index (χ1n) is 9.37.